The Kier molecular flexibility index (Phi) is 3.12. The first kappa shape index (κ1) is 10.8. The molecule has 6 heteroatoms. The van der Waals surface area contributed by atoms with Gasteiger partial charge in [0.05, 0.1) is 0 Å². The van der Waals surface area contributed by atoms with Crippen molar-refractivity contribution in [2.45, 2.75) is 0 Å². The highest BCUT2D eigenvalue weighted by Gasteiger charge is 2.16. The third kappa shape index (κ3) is 2.60. The van der Waals surface area contributed by atoms with Gasteiger partial charge in [-0.25, -0.2) is 9.59 Å². The van der Waals surface area contributed by atoms with E-state index in [1.165, 1.54) is 18.2 Å². The van der Waals surface area contributed by atoms with E-state index in [1.54, 1.807) is 0 Å². The van der Waals surface area contributed by atoms with Gasteiger partial charge in [0.15, 0.2) is 6.61 Å². The van der Waals surface area contributed by atoms with Gasteiger partial charge in [0.1, 0.15) is 17.1 Å². The molecule has 0 amide bonds. The maximum atomic E-state index is 10.7. The van der Waals surface area contributed by atoms with E-state index >= 15 is 0 Å². The third-order valence-corrected chi connectivity index (χ3v) is 1.57. The Balaban J connectivity index is 3.01. The standard InChI is InChI=1S/C9H8O6/c10-5-2-1-3-6(8(5)9(13)14)15-4-7(11)12/h1-3,10H,4H2,(H,11,12)(H,13,14). The summed E-state index contributed by atoms with van der Waals surface area (Å²) in [5.74, 6) is -3.25. The second kappa shape index (κ2) is 4.32. The van der Waals surface area contributed by atoms with E-state index in [0.717, 1.165) is 0 Å². The largest absolute Gasteiger partial charge is 0.507 e. The maximum Gasteiger partial charge on any atom is 0.343 e. The van der Waals surface area contributed by atoms with Gasteiger partial charge in [-0.1, -0.05) is 6.07 Å². The van der Waals surface area contributed by atoms with Crippen molar-refractivity contribution >= 4 is 11.9 Å². The maximum absolute atomic E-state index is 10.7. The molecule has 0 aliphatic heterocycles. The summed E-state index contributed by atoms with van der Waals surface area (Å²) in [6, 6.07) is 3.81. The Bertz CT molecular complexity index is 398. The summed E-state index contributed by atoms with van der Waals surface area (Å²) in [5.41, 5.74) is -0.446. The number of aromatic carboxylic acids is 1. The van der Waals surface area contributed by atoms with Crippen LogP contribution in [0.5, 0.6) is 11.5 Å². The van der Waals surface area contributed by atoms with Crippen LogP contribution >= 0.6 is 0 Å². The molecule has 0 bridgehead atoms. The lowest BCUT2D eigenvalue weighted by atomic mass is 10.2. The average molecular weight is 212 g/mol. The molecule has 0 fully saturated rings. The molecule has 1 rings (SSSR count). The summed E-state index contributed by atoms with van der Waals surface area (Å²) in [7, 11) is 0. The van der Waals surface area contributed by atoms with Crippen molar-refractivity contribution in [1.82, 2.24) is 0 Å². The van der Waals surface area contributed by atoms with E-state index in [2.05, 4.69) is 0 Å². The Morgan fingerprint density at radius 2 is 1.93 bits per heavy atom. The molecule has 80 valence electrons. The zero-order chi connectivity index (χ0) is 11.4. The highest BCUT2D eigenvalue weighted by Crippen LogP contribution is 2.27. The highest BCUT2D eigenvalue weighted by atomic mass is 16.5. The van der Waals surface area contributed by atoms with Gasteiger partial charge in [-0.3, -0.25) is 0 Å². The monoisotopic (exact) mass is 212 g/mol. The first-order valence-electron chi connectivity index (χ1n) is 3.92. The second-order valence-electron chi connectivity index (χ2n) is 2.64. The van der Waals surface area contributed by atoms with Crippen LogP contribution in [0.4, 0.5) is 0 Å². The number of carboxylic acid groups (broad SMARTS) is 2. The fraction of sp³-hybridized carbons (Fsp3) is 0.111. The molecule has 0 heterocycles. The number of hydrogen-bond acceptors (Lipinski definition) is 4. The van der Waals surface area contributed by atoms with Crippen molar-refractivity contribution in [3.63, 3.8) is 0 Å². The topological polar surface area (TPSA) is 104 Å². The second-order valence-corrected chi connectivity index (χ2v) is 2.64. The minimum absolute atomic E-state index is 0.176. The zero-order valence-corrected chi connectivity index (χ0v) is 7.51. The van der Waals surface area contributed by atoms with Gasteiger partial charge in [-0.15, -0.1) is 0 Å². The molecule has 6 nitrogen and oxygen atoms in total. The van der Waals surface area contributed by atoms with Crippen LogP contribution in [0.2, 0.25) is 0 Å². The SMILES string of the molecule is O=C(O)COc1cccc(O)c1C(=O)O. The van der Waals surface area contributed by atoms with Gasteiger partial charge in [0.25, 0.3) is 0 Å². The van der Waals surface area contributed by atoms with Gasteiger partial charge in [-0.2, -0.15) is 0 Å². The molecule has 0 radical (unpaired) electrons. The summed E-state index contributed by atoms with van der Waals surface area (Å²) in [6.45, 7) is -0.663. The number of ether oxygens (including phenoxy) is 1. The average Bonchev–Trinajstić information content (AvgIpc) is 2.13. The fourth-order valence-corrected chi connectivity index (χ4v) is 0.994. The van der Waals surface area contributed by atoms with Gasteiger partial charge in [0.2, 0.25) is 0 Å². The number of phenols is 1. The van der Waals surface area contributed by atoms with Crippen molar-refractivity contribution in [2.75, 3.05) is 6.61 Å². The molecule has 0 saturated carbocycles. The first-order chi connectivity index (χ1) is 7.02. The van der Waals surface area contributed by atoms with Crippen LogP contribution in [-0.2, 0) is 4.79 Å². The number of carboxylic acids is 2. The first-order valence-corrected chi connectivity index (χ1v) is 3.92. The summed E-state index contributed by atoms with van der Waals surface area (Å²) >= 11 is 0. The third-order valence-electron chi connectivity index (χ3n) is 1.57. The molecule has 1 aromatic rings. The van der Waals surface area contributed by atoms with Crippen LogP contribution < -0.4 is 4.74 Å². The molecular weight excluding hydrogens is 204 g/mol. The molecule has 0 aliphatic carbocycles. The van der Waals surface area contributed by atoms with Crippen LogP contribution in [0, 0.1) is 0 Å². The quantitative estimate of drug-likeness (QED) is 0.673. The Hall–Kier alpha value is -2.24. The van der Waals surface area contributed by atoms with Crippen molar-refractivity contribution in [3.8, 4) is 11.5 Å². The Morgan fingerprint density at radius 3 is 2.47 bits per heavy atom. The lowest BCUT2D eigenvalue weighted by Crippen LogP contribution is -2.11. The molecule has 15 heavy (non-hydrogen) atoms. The molecule has 0 aromatic heterocycles. The molecule has 0 saturated heterocycles. The van der Waals surface area contributed by atoms with Gasteiger partial charge in [-0.05, 0) is 12.1 Å². The van der Waals surface area contributed by atoms with Crippen molar-refractivity contribution in [3.05, 3.63) is 23.8 Å². The van der Waals surface area contributed by atoms with Gasteiger partial charge < -0.3 is 20.1 Å². The fourth-order valence-electron chi connectivity index (χ4n) is 0.994. The number of hydrogen-bond donors (Lipinski definition) is 3. The molecule has 0 unspecified atom stereocenters. The predicted octanol–water partition coefficient (Wildman–Crippen LogP) is 0.554. The van der Waals surface area contributed by atoms with Crippen LogP contribution in [0.25, 0.3) is 0 Å². The molecular formula is C9H8O6. The van der Waals surface area contributed by atoms with Crippen LogP contribution in [0.1, 0.15) is 10.4 Å². The lowest BCUT2D eigenvalue weighted by molar-refractivity contribution is -0.139. The smallest absolute Gasteiger partial charge is 0.343 e. The summed E-state index contributed by atoms with van der Waals surface area (Å²) in [5, 5.41) is 26.3. The predicted molar refractivity (Wildman–Crippen MR) is 48.2 cm³/mol. The van der Waals surface area contributed by atoms with Gasteiger partial charge >= 0.3 is 11.9 Å². The number of rotatable bonds is 4. The van der Waals surface area contributed by atoms with Crippen molar-refractivity contribution < 1.29 is 29.6 Å². The molecule has 3 N–H and O–H groups in total. The number of aromatic hydroxyl groups is 1. The Labute approximate surface area is 84.3 Å². The Morgan fingerprint density at radius 1 is 1.27 bits per heavy atom. The van der Waals surface area contributed by atoms with E-state index in [-0.39, 0.29) is 5.75 Å². The van der Waals surface area contributed by atoms with E-state index in [4.69, 9.17) is 14.9 Å². The van der Waals surface area contributed by atoms with E-state index in [9.17, 15) is 14.7 Å². The minimum atomic E-state index is -1.38. The summed E-state index contributed by atoms with van der Waals surface area (Å²) < 4.78 is 4.70. The van der Waals surface area contributed by atoms with Crippen LogP contribution in [-0.4, -0.2) is 33.9 Å². The molecule has 1 aromatic carbocycles. The van der Waals surface area contributed by atoms with E-state index in [1.807, 2.05) is 0 Å². The number of aliphatic carboxylic acids is 1. The normalized spacial score (nSPS) is 9.60. The minimum Gasteiger partial charge on any atom is -0.507 e. The van der Waals surface area contributed by atoms with Gasteiger partial charge in [0, 0.05) is 0 Å². The summed E-state index contributed by atoms with van der Waals surface area (Å²) in [4.78, 5) is 20.9. The molecule has 0 spiro atoms. The number of benzene rings is 1. The number of carbonyl (C=O) groups is 2. The van der Waals surface area contributed by atoms with Crippen LogP contribution in [0.15, 0.2) is 18.2 Å². The van der Waals surface area contributed by atoms with Crippen molar-refractivity contribution in [1.29, 1.82) is 0 Å². The summed E-state index contributed by atoms with van der Waals surface area (Å²) in [6.07, 6.45) is 0. The lowest BCUT2D eigenvalue weighted by Gasteiger charge is -2.07. The zero-order valence-electron chi connectivity index (χ0n) is 7.51. The molecule has 0 atom stereocenters. The van der Waals surface area contributed by atoms with E-state index < -0.39 is 29.9 Å². The van der Waals surface area contributed by atoms with Crippen molar-refractivity contribution in [2.24, 2.45) is 0 Å². The van der Waals surface area contributed by atoms with Crippen LogP contribution in [0.3, 0.4) is 0 Å². The molecule has 0 aliphatic rings. The van der Waals surface area contributed by atoms with E-state index in [0.29, 0.717) is 0 Å². The highest BCUT2D eigenvalue weighted by molar-refractivity contribution is 5.94.